The van der Waals surface area contributed by atoms with Gasteiger partial charge in [0.1, 0.15) is 0 Å². The molecule has 0 amide bonds. The Balaban J connectivity index is 1.35. The van der Waals surface area contributed by atoms with Gasteiger partial charge in [0, 0.05) is 19.2 Å². The molecule has 1 fully saturated rings. The molecule has 0 radical (unpaired) electrons. The second kappa shape index (κ2) is 7.44. The molecule has 1 saturated heterocycles. The first-order chi connectivity index (χ1) is 12.4. The molecule has 0 spiro atoms. The minimum absolute atomic E-state index is 0.510. The van der Waals surface area contributed by atoms with E-state index in [0.29, 0.717) is 5.89 Å². The van der Waals surface area contributed by atoms with E-state index < -0.39 is 0 Å². The Morgan fingerprint density at radius 1 is 1.04 bits per heavy atom. The van der Waals surface area contributed by atoms with Gasteiger partial charge in [0.05, 0.1) is 12.2 Å². The smallest absolute Gasteiger partial charge is 0.259 e. The van der Waals surface area contributed by atoms with Gasteiger partial charge in [-0.1, -0.05) is 35.5 Å². The Hall–Kier alpha value is -2.73. The molecule has 0 N–H and O–H groups in total. The van der Waals surface area contributed by atoms with Crippen LogP contribution in [0.2, 0.25) is 0 Å². The second-order valence-corrected chi connectivity index (χ2v) is 6.05. The van der Waals surface area contributed by atoms with E-state index in [1.807, 2.05) is 23.3 Å². The number of nitrogens with zero attached hydrogens (tertiary/aromatic N) is 4. The number of pyridine rings is 1. The average molecular weight is 336 g/mol. The van der Waals surface area contributed by atoms with Gasteiger partial charge in [0.2, 0.25) is 0 Å². The molecule has 128 valence electrons. The van der Waals surface area contributed by atoms with Crippen LogP contribution in [0.3, 0.4) is 0 Å². The summed E-state index contributed by atoms with van der Waals surface area (Å²) in [7, 11) is 0. The van der Waals surface area contributed by atoms with Crippen molar-refractivity contribution in [2.24, 2.45) is 0 Å². The minimum Gasteiger partial charge on any atom is -0.334 e. The van der Waals surface area contributed by atoms with Gasteiger partial charge >= 0.3 is 0 Å². The zero-order valence-electron chi connectivity index (χ0n) is 14.0. The summed E-state index contributed by atoms with van der Waals surface area (Å²) in [5.41, 5.74) is 2.15. The van der Waals surface area contributed by atoms with E-state index in [1.54, 1.807) is 6.20 Å². The molecule has 6 nitrogen and oxygen atoms in total. The summed E-state index contributed by atoms with van der Waals surface area (Å²) >= 11 is 0. The van der Waals surface area contributed by atoms with Crippen LogP contribution >= 0.6 is 0 Å². The topological polar surface area (TPSA) is 64.3 Å². The van der Waals surface area contributed by atoms with Crippen LogP contribution in [0.5, 0.6) is 0 Å². The number of hydroxylamine groups is 1. The lowest BCUT2D eigenvalue weighted by Gasteiger charge is -2.14. The Labute approximate surface area is 146 Å². The van der Waals surface area contributed by atoms with Crippen LogP contribution in [0, 0.1) is 0 Å². The highest BCUT2D eigenvalue weighted by molar-refractivity contribution is 5.54. The van der Waals surface area contributed by atoms with E-state index in [2.05, 4.69) is 39.4 Å². The average Bonchev–Trinajstić information content (AvgIpc) is 3.35. The molecule has 1 aliphatic heterocycles. The maximum atomic E-state index is 5.49. The number of hydrogen-bond acceptors (Lipinski definition) is 6. The van der Waals surface area contributed by atoms with Crippen LogP contribution in [0.25, 0.3) is 11.5 Å². The van der Waals surface area contributed by atoms with Gasteiger partial charge in [-0.25, -0.2) is 10.0 Å². The summed E-state index contributed by atoms with van der Waals surface area (Å²) in [5.74, 6) is 2.05. The van der Waals surface area contributed by atoms with E-state index in [-0.39, 0.29) is 0 Å². The van der Waals surface area contributed by atoms with E-state index in [1.165, 1.54) is 5.56 Å². The molecule has 3 aromatic rings. The molecule has 0 atom stereocenters. The highest BCUT2D eigenvalue weighted by atomic mass is 16.7. The molecule has 0 aliphatic carbocycles. The van der Waals surface area contributed by atoms with Gasteiger partial charge in [0.15, 0.2) is 11.6 Å². The number of aromatic nitrogens is 3. The molecule has 0 unspecified atom stereocenters. The van der Waals surface area contributed by atoms with E-state index >= 15 is 0 Å². The molecule has 0 saturated carbocycles. The van der Waals surface area contributed by atoms with Crippen molar-refractivity contribution in [3.05, 3.63) is 60.0 Å². The number of anilines is 1. The SMILES string of the molecule is c1ccc(CCCc2noc(-c3ccc(N4CCCO4)nc3)n2)cc1. The van der Waals surface area contributed by atoms with Crippen LogP contribution in [-0.2, 0) is 17.7 Å². The van der Waals surface area contributed by atoms with Crippen molar-refractivity contribution in [3.8, 4) is 11.5 Å². The number of hydrogen-bond donors (Lipinski definition) is 0. The first-order valence-electron chi connectivity index (χ1n) is 8.62. The van der Waals surface area contributed by atoms with Crippen molar-refractivity contribution in [2.75, 3.05) is 18.2 Å². The molecule has 25 heavy (non-hydrogen) atoms. The third-order valence-corrected chi connectivity index (χ3v) is 4.18. The summed E-state index contributed by atoms with van der Waals surface area (Å²) < 4.78 is 5.37. The van der Waals surface area contributed by atoms with Crippen molar-refractivity contribution in [2.45, 2.75) is 25.7 Å². The fourth-order valence-electron chi connectivity index (χ4n) is 2.86. The van der Waals surface area contributed by atoms with Crippen molar-refractivity contribution < 1.29 is 9.36 Å². The first-order valence-corrected chi connectivity index (χ1v) is 8.62. The van der Waals surface area contributed by atoms with Crippen molar-refractivity contribution in [3.63, 3.8) is 0 Å². The maximum absolute atomic E-state index is 5.49. The number of benzene rings is 1. The maximum Gasteiger partial charge on any atom is 0.259 e. The summed E-state index contributed by atoms with van der Waals surface area (Å²) in [6.07, 6.45) is 5.58. The normalized spacial score (nSPS) is 14.2. The lowest BCUT2D eigenvalue weighted by Crippen LogP contribution is -2.17. The van der Waals surface area contributed by atoms with E-state index in [9.17, 15) is 0 Å². The van der Waals surface area contributed by atoms with Gasteiger partial charge in [-0.05, 0) is 37.0 Å². The third kappa shape index (κ3) is 3.85. The van der Waals surface area contributed by atoms with Gasteiger partial charge in [-0.15, -0.1) is 0 Å². The Bertz CT molecular complexity index is 796. The third-order valence-electron chi connectivity index (χ3n) is 4.18. The van der Waals surface area contributed by atoms with Crippen molar-refractivity contribution >= 4 is 5.82 Å². The molecule has 3 heterocycles. The monoisotopic (exact) mass is 336 g/mol. The van der Waals surface area contributed by atoms with Crippen molar-refractivity contribution in [1.82, 2.24) is 15.1 Å². The van der Waals surface area contributed by atoms with Crippen LogP contribution in [-0.4, -0.2) is 28.3 Å². The Morgan fingerprint density at radius 3 is 2.72 bits per heavy atom. The van der Waals surface area contributed by atoms with E-state index in [0.717, 1.165) is 56.0 Å². The standard InChI is InChI=1S/C19H20N4O2/c1-2-6-15(7-3-1)8-4-9-17-21-19(25-22-17)16-10-11-18(20-14-16)23-12-5-13-24-23/h1-3,6-7,10-11,14H,4-5,8-9,12-13H2. The highest BCUT2D eigenvalue weighted by Gasteiger charge is 2.15. The van der Waals surface area contributed by atoms with Gasteiger partial charge in [0.25, 0.3) is 5.89 Å². The summed E-state index contributed by atoms with van der Waals surface area (Å²) in [5, 5.41) is 5.89. The van der Waals surface area contributed by atoms with Crippen LogP contribution in [0.4, 0.5) is 5.82 Å². The first kappa shape index (κ1) is 15.8. The molecule has 1 aromatic carbocycles. The predicted molar refractivity (Wildman–Crippen MR) is 93.9 cm³/mol. The van der Waals surface area contributed by atoms with Crippen LogP contribution < -0.4 is 5.06 Å². The molecule has 2 aromatic heterocycles. The Kier molecular flexibility index (Phi) is 4.70. The Morgan fingerprint density at radius 2 is 1.96 bits per heavy atom. The molecule has 1 aliphatic rings. The highest BCUT2D eigenvalue weighted by Crippen LogP contribution is 2.21. The lowest BCUT2D eigenvalue weighted by molar-refractivity contribution is 0.166. The van der Waals surface area contributed by atoms with Crippen LogP contribution in [0.15, 0.2) is 53.2 Å². The van der Waals surface area contributed by atoms with Gasteiger partial charge in [-0.3, -0.25) is 4.84 Å². The number of rotatable bonds is 6. The molecule has 4 rings (SSSR count). The predicted octanol–water partition coefficient (Wildman–Crippen LogP) is 3.45. The molecular formula is C19H20N4O2. The minimum atomic E-state index is 0.510. The largest absolute Gasteiger partial charge is 0.334 e. The summed E-state index contributed by atoms with van der Waals surface area (Å²) in [6.45, 7) is 1.62. The second-order valence-electron chi connectivity index (χ2n) is 6.05. The summed E-state index contributed by atoms with van der Waals surface area (Å²) in [6, 6.07) is 14.3. The fraction of sp³-hybridized carbons (Fsp3) is 0.316. The zero-order chi connectivity index (χ0) is 16.9. The molecule has 0 bridgehead atoms. The fourth-order valence-corrected chi connectivity index (χ4v) is 2.86. The van der Waals surface area contributed by atoms with E-state index in [4.69, 9.17) is 9.36 Å². The lowest BCUT2D eigenvalue weighted by atomic mass is 10.1. The van der Waals surface area contributed by atoms with Crippen molar-refractivity contribution in [1.29, 1.82) is 0 Å². The molecular weight excluding hydrogens is 316 g/mol. The number of aryl methyl sites for hydroxylation is 2. The summed E-state index contributed by atoms with van der Waals surface area (Å²) in [4.78, 5) is 14.4. The van der Waals surface area contributed by atoms with Gasteiger partial charge < -0.3 is 4.52 Å². The zero-order valence-corrected chi connectivity index (χ0v) is 14.0. The molecule has 6 heteroatoms. The van der Waals surface area contributed by atoms with Crippen LogP contribution in [0.1, 0.15) is 24.2 Å². The quantitative estimate of drug-likeness (QED) is 0.687. The van der Waals surface area contributed by atoms with Gasteiger partial charge in [-0.2, -0.15) is 4.98 Å².